The second-order valence-corrected chi connectivity index (χ2v) is 5.76. The van der Waals surface area contributed by atoms with Gasteiger partial charge in [0.25, 0.3) is 0 Å². The first kappa shape index (κ1) is 16.9. The van der Waals surface area contributed by atoms with E-state index in [-0.39, 0.29) is 0 Å². The maximum absolute atomic E-state index is 5.16. The van der Waals surface area contributed by atoms with Crippen LogP contribution in [0.4, 0.5) is 5.95 Å². The Morgan fingerprint density at radius 3 is 2.35 bits per heavy atom. The fourth-order valence-electron chi connectivity index (χ4n) is 1.84. The minimum atomic E-state index is 0.466. The summed E-state index contributed by atoms with van der Waals surface area (Å²) < 4.78 is 5.16. The molecule has 0 unspecified atom stereocenters. The molecule has 5 nitrogen and oxygen atoms in total. The van der Waals surface area contributed by atoms with Crippen LogP contribution in [-0.2, 0) is 11.3 Å². The summed E-state index contributed by atoms with van der Waals surface area (Å²) in [7, 11) is 1.72. The van der Waals surface area contributed by atoms with E-state index in [1.165, 1.54) is 0 Å². The van der Waals surface area contributed by atoms with Gasteiger partial charge in [-0.3, -0.25) is 0 Å². The second kappa shape index (κ2) is 8.87. The van der Waals surface area contributed by atoms with Gasteiger partial charge >= 0.3 is 0 Å². The average Bonchev–Trinajstić information content (AvgIpc) is 2.41. The summed E-state index contributed by atoms with van der Waals surface area (Å²) in [4.78, 5) is 11.1. The van der Waals surface area contributed by atoms with Crippen LogP contribution in [-0.4, -0.2) is 42.8 Å². The van der Waals surface area contributed by atoms with E-state index in [1.54, 1.807) is 7.11 Å². The Labute approximate surface area is 122 Å². The predicted octanol–water partition coefficient (Wildman–Crippen LogP) is 2.08. The summed E-state index contributed by atoms with van der Waals surface area (Å²) in [5, 5.41) is 3.36. The Kier molecular flexibility index (Phi) is 7.47. The van der Waals surface area contributed by atoms with Gasteiger partial charge in [-0.2, -0.15) is 0 Å². The zero-order valence-electron chi connectivity index (χ0n) is 13.4. The molecule has 0 aliphatic carbocycles. The number of aromatic nitrogens is 2. The van der Waals surface area contributed by atoms with Gasteiger partial charge in [0.15, 0.2) is 0 Å². The number of hydrogen-bond donors (Lipinski definition) is 1. The normalized spacial score (nSPS) is 11.3. The predicted molar refractivity (Wildman–Crippen MR) is 82.9 cm³/mol. The maximum Gasteiger partial charge on any atom is 0.225 e. The van der Waals surface area contributed by atoms with E-state index in [4.69, 9.17) is 4.74 Å². The lowest BCUT2D eigenvalue weighted by Crippen LogP contribution is -2.32. The third kappa shape index (κ3) is 6.30. The van der Waals surface area contributed by atoms with Crippen LogP contribution < -0.4 is 10.2 Å². The van der Waals surface area contributed by atoms with Gasteiger partial charge < -0.3 is 15.0 Å². The zero-order valence-corrected chi connectivity index (χ0v) is 13.4. The van der Waals surface area contributed by atoms with E-state index < -0.39 is 0 Å². The minimum absolute atomic E-state index is 0.466. The molecule has 0 aliphatic rings. The molecule has 0 fully saturated rings. The lowest BCUT2D eigenvalue weighted by Gasteiger charge is -2.24. The average molecular weight is 280 g/mol. The first-order valence-electron chi connectivity index (χ1n) is 7.31. The SMILES string of the molecule is COCCN(CC(C)C)c1ncc(CNC(C)C)cn1. The Morgan fingerprint density at radius 1 is 1.20 bits per heavy atom. The van der Waals surface area contributed by atoms with Crippen LogP contribution in [0.1, 0.15) is 33.3 Å². The lowest BCUT2D eigenvalue weighted by molar-refractivity contribution is 0.204. The number of methoxy groups -OCH3 is 1. The van der Waals surface area contributed by atoms with Crippen LogP contribution in [0.25, 0.3) is 0 Å². The Hall–Kier alpha value is -1.20. The Morgan fingerprint density at radius 2 is 1.85 bits per heavy atom. The number of rotatable bonds is 9. The van der Waals surface area contributed by atoms with Crippen molar-refractivity contribution >= 4 is 5.95 Å². The van der Waals surface area contributed by atoms with Crippen molar-refractivity contribution in [2.24, 2.45) is 5.92 Å². The zero-order chi connectivity index (χ0) is 15.0. The third-order valence-electron chi connectivity index (χ3n) is 2.84. The fraction of sp³-hybridized carbons (Fsp3) is 0.733. The monoisotopic (exact) mass is 280 g/mol. The van der Waals surface area contributed by atoms with Crippen molar-refractivity contribution in [1.29, 1.82) is 0 Å². The molecule has 0 aliphatic heterocycles. The summed E-state index contributed by atoms with van der Waals surface area (Å²) in [6.45, 7) is 11.9. The Bertz CT molecular complexity index is 365. The van der Waals surface area contributed by atoms with Crippen molar-refractivity contribution in [1.82, 2.24) is 15.3 Å². The number of hydrogen-bond acceptors (Lipinski definition) is 5. The number of anilines is 1. The van der Waals surface area contributed by atoms with Crippen molar-refractivity contribution in [2.45, 2.75) is 40.3 Å². The quantitative estimate of drug-likeness (QED) is 0.750. The molecule has 1 rings (SSSR count). The first-order valence-corrected chi connectivity index (χ1v) is 7.31. The molecule has 1 aromatic rings. The standard InChI is InChI=1S/C15H28N4O/c1-12(2)11-19(6-7-20-5)15-17-9-14(10-18-15)8-16-13(3)4/h9-10,12-13,16H,6-8,11H2,1-5H3. The molecule has 0 radical (unpaired) electrons. The summed E-state index contributed by atoms with van der Waals surface area (Å²) in [6.07, 6.45) is 3.80. The number of ether oxygens (including phenoxy) is 1. The highest BCUT2D eigenvalue weighted by Crippen LogP contribution is 2.10. The highest BCUT2D eigenvalue weighted by atomic mass is 16.5. The molecule has 0 saturated heterocycles. The third-order valence-corrected chi connectivity index (χ3v) is 2.84. The molecular weight excluding hydrogens is 252 g/mol. The molecule has 20 heavy (non-hydrogen) atoms. The number of nitrogens with zero attached hydrogens (tertiary/aromatic N) is 3. The van der Waals surface area contributed by atoms with E-state index in [0.29, 0.717) is 18.6 Å². The molecular formula is C15H28N4O. The van der Waals surface area contributed by atoms with Crippen LogP contribution in [0.2, 0.25) is 0 Å². The van der Waals surface area contributed by atoms with Gasteiger partial charge in [-0.15, -0.1) is 0 Å². The molecule has 0 spiro atoms. The van der Waals surface area contributed by atoms with Crippen molar-refractivity contribution < 1.29 is 4.74 Å². The van der Waals surface area contributed by atoms with E-state index in [1.807, 2.05) is 12.4 Å². The van der Waals surface area contributed by atoms with Gasteiger partial charge in [-0.25, -0.2) is 9.97 Å². The van der Waals surface area contributed by atoms with Gasteiger partial charge in [0, 0.05) is 50.7 Å². The van der Waals surface area contributed by atoms with Crippen LogP contribution >= 0.6 is 0 Å². The van der Waals surface area contributed by atoms with Crippen LogP contribution in [0.3, 0.4) is 0 Å². The summed E-state index contributed by atoms with van der Waals surface area (Å²) >= 11 is 0. The van der Waals surface area contributed by atoms with Crippen molar-refractivity contribution in [3.63, 3.8) is 0 Å². The molecule has 1 N–H and O–H groups in total. The van der Waals surface area contributed by atoms with Crippen LogP contribution in [0, 0.1) is 5.92 Å². The van der Waals surface area contributed by atoms with Gasteiger partial charge in [0.1, 0.15) is 0 Å². The van der Waals surface area contributed by atoms with E-state index in [2.05, 4.69) is 47.9 Å². The Balaban J connectivity index is 2.66. The first-order chi connectivity index (χ1) is 9.52. The molecule has 0 amide bonds. The summed E-state index contributed by atoms with van der Waals surface area (Å²) in [5.41, 5.74) is 1.11. The fourth-order valence-corrected chi connectivity index (χ4v) is 1.84. The molecule has 1 heterocycles. The van der Waals surface area contributed by atoms with E-state index in [9.17, 15) is 0 Å². The lowest BCUT2D eigenvalue weighted by atomic mass is 10.2. The number of nitrogens with one attached hydrogen (secondary N) is 1. The largest absolute Gasteiger partial charge is 0.383 e. The van der Waals surface area contributed by atoms with E-state index in [0.717, 1.165) is 31.1 Å². The molecule has 5 heteroatoms. The van der Waals surface area contributed by atoms with Gasteiger partial charge in [0.05, 0.1) is 6.61 Å². The summed E-state index contributed by atoms with van der Waals surface area (Å²) in [6, 6.07) is 0.466. The molecule has 114 valence electrons. The van der Waals surface area contributed by atoms with Crippen molar-refractivity contribution in [3.05, 3.63) is 18.0 Å². The van der Waals surface area contributed by atoms with Crippen LogP contribution in [0.15, 0.2) is 12.4 Å². The highest BCUT2D eigenvalue weighted by molar-refractivity contribution is 5.29. The topological polar surface area (TPSA) is 50.3 Å². The molecule has 0 saturated carbocycles. The van der Waals surface area contributed by atoms with E-state index >= 15 is 0 Å². The van der Waals surface area contributed by atoms with Gasteiger partial charge in [-0.05, 0) is 5.92 Å². The van der Waals surface area contributed by atoms with Crippen molar-refractivity contribution in [2.75, 3.05) is 31.7 Å². The van der Waals surface area contributed by atoms with Crippen LogP contribution in [0.5, 0.6) is 0 Å². The van der Waals surface area contributed by atoms with Crippen molar-refractivity contribution in [3.8, 4) is 0 Å². The minimum Gasteiger partial charge on any atom is -0.383 e. The molecule has 0 atom stereocenters. The molecule has 1 aromatic heterocycles. The molecule has 0 bridgehead atoms. The smallest absolute Gasteiger partial charge is 0.225 e. The van der Waals surface area contributed by atoms with Gasteiger partial charge in [-0.1, -0.05) is 27.7 Å². The van der Waals surface area contributed by atoms with Gasteiger partial charge in [0.2, 0.25) is 5.95 Å². The molecule has 0 aromatic carbocycles. The highest BCUT2D eigenvalue weighted by Gasteiger charge is 2.11. The summed E-state index contributed by atoms with van der Waals surface area (Å²) in [5.74, 6) is 1.35. The second-order valence-electron chi connectivity index (χ2n) is 5.76. The maximum atomic E-state index is 5.16.